The highest BCUT2D eigenvalue weighted by molar-refractivity contribution is 5.73. The summed E-state index contributed by atoms with van der Waals surface area (Å²) in [5.41, 5.74) is 0. The van der Waals surface area contributed by atoms with E-state index in [1.165, 1.54) is 0 Å². The van der Waals surface area contributed by atoms with Crippen LogP contribution in [0.25, 0.3) is 0 Å². The minimum Gasteiger partial charge on any atom is -0.393 e. The minimum absolute atomic E-state index is 0.124. The summed E-state index contributed by atoms with van der Waals surface area (Å²) < 4.78 is 0. The van der Waals surface area contributed by atoms with Crippen LogP contribution in [0.3, 0.4) is 0 Å². The number of rotatable bonds is 0. The van der Waals surface area contributed by atoms with E-state index in [2.05, 4.69) is 0 Å². The molecule has 0 spiro atoms. The van der Waals surface area contributed by atoms with E-state index in [1.54, 1.807) is 11.8 Å². The molecule has 3 nitrogen and oxygen atoms in total. The lowest BCUT2D eigenvalue weighted by Gasteiger charge is -2.17. The molecular formula is C8H15NO2. The van der Waals surface area contributed by atoms with Crippen molar-refractivity contribution < 1.29 is 9.90 Å². The smallest absolute Gasteiger partial charge is 0.219 e. The molecule has 3 heteroatoms. The summed E-state index contributed by atoms with van der Waals surface area (Å²) in [6, 6.07) is 0. The first-order valence-corrected chi connectivity index (χ1v) is 4.13. The van der Waals surface area contributed by atoms with E-state index in [0.717, 1.165) is 32.4 Å². The number of aliphatic hydroxyl groups is 1. The van der Waals surface area contributed by atoms with E-state index in [4.69, 9.17) is 0 Å². The molecule has 0 bridgehead atoms. The molecule has 0 aromatic carbocycles. The number of amides is 1. The average Bonchev–Trinajstić information content (AvgIpc) is 2.13. The van der Waals surface area contributed by atoms with Crippen LogP contribution in [0.15, 0.2) is 0 Å². The molecule has 1 amide bonds. The van der Waals surface area contributed by atoms with Crippen LogP contribution >= 0.6 is 0 Å². The van der Waals surface area contributed by atoms with Gasteiger partial charge < -0.3 is 10.0 Å². The Kier molecular flexibility index (Phi) is 2.88. The molecule has 0 saturated carbocycles. The predicted molar refractivity (Wildman–Crippen MR) is 42.1 cm³/mol. The lowest BCUT2D eigenvalue weighted by Crippen LogP contribution is -2.29. The molecule has 1 atom stereocenters. The SMILES string of the molecule is CC(=O)N1CCC[C@H](O)CC1. The van der Waals surface area contributed by atoms with Crippen LogP contribution in [0.5, 0.6) is 0 Å². The lowest BCUT2D eigenvalue weighted by atomic mass is 10.2. The molecule has 1 aliphatic rings. The monoisotopic (exact) mass is 157 g/mol. The number of likely N-dealkylation sites (tertiary alicyclic amines) is 1. The van der Waals surface area contributed by atoms with E-state index in [9.17, 15) is 9.90 Å². The molecule has 1 rings (SSSR count). The van der Waals surface area contributed by atoms with Crippen molar-refractivity contribution >= 4 is 5.91 Å². The molecule has 0 aromatic rings. The number of carbonyl (C=O) groups is 1. The van der Waals surface area contributed by atoms with Crippen molar-refractivity contribution in [1.82, 2.24) is 4.90 Å². The fraction of sp³-hybridized carbons (Fsp3) is 0.875. The summed E-state index contributed by atoms with van der Waals surface area (Å²) in [6.07, 6.45) is 2.31. The Morgan fingerprint density at radius 2 is 2.18 bits per heavy atom. The summed E-state index contributed by atoms with van der Waals surface area (Å²) in [5, 5.41) is 9.25. The molecular weight excluding hydrogens is 142 g/mol. The Labute approximate surface area is 67.0 Å². The second kappa shape index (κ2) is 3.72. The molecule has 0 aromatic heterocycles. The van der Waals surface area contributed by atoms with Gasteiger partial charge in [-0.15, -0.1) is 0 Å². The number of aliphatic hydroxyl groups excluding tert-OH is 1. The maximum absolute atomic E-state index is 10.9. The van der Waals surface area contributed by atoms with Gasteiger partial charge in [-0.3, -0.25) is 4.79 Å². The van der Waals surface area contributed by atoms with Crippen molar-refractivity contribution in [1.29, 1.82) is 0 Å². The Balaban J connectivity index is 2.40. The summed E-state index contributed by atoms with van der Waals surface area (Å²) in [5.74, 6) is 0.124. The third-order valence-corrected chi connectivity index (χ3v) is 2.14. The van der Waals surface area contributed by atoms with Crippen LogP contribution in [0.4, 0.5) is 0 Å². The zero-order valence-corrected chi connectivity index (χ0v) is 6.92. The highest BCUT2D eigenvalue weighted by Gasteiger charge is 2.15. The average molecular weight is 157 g/mol. The van der Waals surface area contributed by atoms with Crippen molar-refractivity contribution in [3.63, 3.8) is 0 Å². The van der Waals surface area contributed by atoms with Crippen LogP contribution in [-0.2, 0) is 4.79 Å². The molecule has 64 valence electrons. The third kappa shape index (κ3) is 2.50. The zero-order chi connectivity index (χ0) is 8.27. The molecule has 1 heterocycles. The second-order valence-electron chi connectivity index (χ2n) is 3.09. The molecule has 1 aliphatic heterocycles. The Morgan fingerprint density at radius 1 is 1.45 bits per heavy atom. The summed E-state index contributed by atoms with van der Waals surface area (Å²) in [6.45, 7) is 3.11. The van der Waals surface area contributed by atoms with Crippen molar-refractivity contribution in [3.05, 3.63) is 0 Å². The topological polar surface area (TPSA) is 40.5 Å². The van der Waals surface area contributed by atoms with Crippen LogP contribution in [-0.4, -0.2) is 35.1 Å². The Morgan fingerprint density at radius 3 is 2.82 bits per heavy atom. The fourth-order valence-electron chi connectivity index (χ4n) is 1.39. The van der Waals surface area contributed by atoms with E-state index >= 15 is 0 Å². The van der Waals surface area contributed by atoms with Crippen molar-refractivity contribution in [3.8, 4) is 0 Å². The van der Waals surface area contributed by atoms with Gasteiger partial charge in [0.05, 0.1) is 6.10 Å². The van der Waals surface area contributed by atoms with E-state index < -0.39 is 0 Å². The van der Waals surface area contributed by atoms with Gasteiger partial charge in [-0.1, -0.05) is 0 Å². The van der Waals surface area contributed by atoms with Gasteiger partial charge in [-0.05, 0) is 19.3 Å². The van der Waals surface area contributed by atoms with Crippen molar-refractivity contribution in [2.75, 3.05) is 13.1 Å². The van der Waals surface area contributed by atoms with Crippen molar-refractivity contribution in [2.45, 2.75) is 32.3 Å². The van der Waals surface area contributed by atoms with Gasteiger partial charge >= 0.3 is 0 Å². The number of hydrogen-bond donors (Lipinski definition) is 1. The third-order valence-electron chi connectivity index (χ3n) is 2.14. The van der Waals surface area contributed by atoms with Gasteiger partial charge in [0.1, 0.15) is 0 Å². The van der Waals surface area contributed by atoms with Crippen LogP contribution in [0, 0.1) is 0 Å². The molecule has 0 radical (unpaired) electrons. The molecule has 1 N–H and O–H groups in total. The predicted octanol–water partition coefficient (Wildman–Crippen LogP) is 0.380. The van der Waals surface area contributed by atoms with Gasteiger partial charge in [0.25, 0.3) is 0 Å². The summed E-state index contributed by atoms with van der Waals surface area (Å²) in [4.78, 5) is 12.7. The van der Waals surface area contributed by atoms with Crippen LogP contribution < -0.4 is 0 Å². The molecule has 0 aliphatic carbocycles. The highest BCUT2D eigenvalue weighted by atomic mass is 16.3. The first kappa shape index (κ1) is 8.53. The second-order valence-corrected chi connectivity index (χ2v) is 3.09. The van der Waals surface area contributed by atoms with Gasteiger partial charge in [0, 0.05) is 20.0 Å². The van der Waals surface area contributed by atoms with Crippen LogP contribution in [0.2, 0.25) is 0 Å². The summed E-state index contributed by atoms with van der Waals surface area (Å²) >= 11 is 0. The number of nitrogens with zero attached hydrogens (tertiary/aromatic N) is 1. The number of hydrogen-bond acceptors (Lipinski definition) is 2. The van der Waals surface area contributed by atoms with Crippen molar-refractivity contribution in [2.24, 2.45) is 0 Å². The summed E-state index contributed by atoms with van der Waals surface area (Å²) in [7, 11) is 0. The molecule has 0 unspecified atom stereocenters. The normalized spacial score (nSPS) is 26.4. The highest BCUT2D eigenvalue weighted by Crippen LogP contribution is 2.10. The van der Waals surface area contributed by atoms with Crippen LogP contribution in [0.1, 0.15) is 26.2 Å². The van der Waals surface area contributed by atoms with Gasteiger partial charge in [-0.2, -0.15) is 0 Å². The maximum Gasteiger partial charge on any atom is 0.219 e. The van der Waals surface area contributed by atoms with E-state index in [-0.39, 0.29) is 12.0 Å². The maximum atomic E-state index is 10.9. The van der Waals surface area contributed by atoms with Gasteiger partial charge in [-0.25, -0.2) is 0 Å². The van der Waals surface area contributed by atoms with E-state index in [0.29, 0.717) is 0 Å². The number of carbonyl (C=O) groups excluding carboxylic acids is 1. The first-order chi connectivity index (χ1) is 5.20. The quantitative estimate of drug-likeness (QED) is 0.552. The fourth-order valence-corrected chi connectivity index (χ4v) is 1.39. The Hall–Kier alpha value is -0.570. The van der Waals surface area contributed by atoms with E-state index in [1.807, 2.05) is 0 Å². The first-order valence-electron chi connectivity index (χ1n) is 4.13. The van der Waals surface area contributed by atoms with Gasteiger partial charge in [0.15, 0.2) is 0 Å². The molecule has 11 heavy (non-hydrogen) atoms. The standard InChI is InChI=1S/C8H15NO2/c1-7(10)9-5-2-3-8(11)4-6-9/h8,11H,2-6H2,1H3/t8-/m0/s1. The molecule has 1 fully saturated rings. The lowest BCUT2D eigenvalue weighted by molar-refractivity contribution is -0.128. The molecule has 1 saturated heterocycles. The Bertz CT molecular complexity index is 147. The minimum atomic E-state index is -0.195. The largest absolute Gasteiger partial charge is 0.393 e. The zero-order valence-electron chi connectivity index (χ0n) is 6.92. The van der Waals surface area contributed by atoms with Gasteiger partial charge in [0.2, 0.25) is 5.91 Å².